The topological polar surface area (TPSA) is 69.1 Å². The maximum absolute atomic E-state index is 11.3. The number of benzene rings is 1. The van der Waals surface area contributed by atoms with Gasteiger partial charge in [0.2, 0.25) is 5.91 Å². The number of nitrogens with zero attached hydrogens (tertiary/aromatic N) is 1. The van der Waals surface area contributed by atoms with Gasteiger partial charge in [-0.15, -0.1) is 11.3 Å². The molecule has 0 saturated carbocycles. The molecule has 0 aliphatic rings. The minimum absolute atomic E-state index is 0.230. The van der Waals surface area contributed by atoms with E-state index in [1.165, 1.54) is 0 Å². The SMILES string of the molecule is CC(Cc1nc(-c2ccccc2)c(-c2ccoc2)s1)C(N)=O. The summed E-state index contributed by atoms with van der Waals surface area (Å²) in [6.45, 7) is 1.82. The molecule has 0 bridgehead atoms. The van der Waals surface area contributed by atoms with Crippen LogP contribution in [0.4, 0.5) is 0 Å². The molecule has 3 aromatic rings. The van der Waals surface area contributed by atoms with E-state index in [0.29, 0.717) is 6.42 Å². The highest BCUT2D eigenvalue weighted by molar-refractivity contribution is 7.15. The molecule has 5 heteroatoms. The van der Waals surface area contributed by atoms with Crippen LogP contribution in [0.1, 0.15) is 11.9 Å². The molecule has 0 spiro atoms. The Labute approximate surface area is 132 Å². The first kappa shape index (κ1) is 14.5. The van der Waals surface area contributed by atoms with Gasteiger partial charge in [0.1, 0.15) is 0 Å². The van der Waals surface area contributed by atoms with Crippen molar-refractivity contribution in [3.8, 4) is 21.7 Å². The summed E-state index contributed by atoms with van der Waals surface area (Å²) in [7, 11) is 0. The fourth-order valence-electron chi connectivity index (χ4n) is 2.20. The summed E-state index contributed by atoms with van der Waals surface area (Å²) in [5.41, 5.74) is 8.32. The monoisotopic (exact) mass is 312 g/mol. The molecule has 0 aliphatic heterocycles. The average molecular weight is 312 g/mol. The Bertz CT molecular complexity index is 763. The molecule has 2 N–H and O–H groups in total. The maximum Gasteiger partial charge on any atom is 0.220 e. The van der Waals surface area contributed by atoms with Gasteiger partial charge in [0.15, 0.2) is 0 Å². The van der Waals surface area contributed by atoms with Gasteiger partial charge in [0.25, 0.3) is 0 Å². The molecule has 0 radical (unpaired) electrons. The van der Waals surface area contributed by atoms with Crippen molar-refractivity contribution < 1.29 is 9.21 Å². The van der Waals surface area contributed by atoms with Crippen LogP contribution in [0.5, 0.6) is 0 Å². The number of amides is 1. The second kappa shape index (κ2) is 6.15. The van der Waals surface area contributed by atoms with E-state index in [1.54, 1.807) is 23.9 Å². The summed E-state index contributed by atoms with van der Waals surface area (Å²) in [5, 5.41) is 0.904. The third kappa shape index (κ3) is 2.94. The molecule has 0 aliphatic carbocycles. The van der Waals surface area contributed by atoms with Crippen LogP contribution >= 0.6 is 11.3 Å². The lowest BCUT2D eigenvalue weighted by Crippen LogP contribution is -2.22. The summed E-state index contributed by atoms with van der Waals surface area (Å²) < 4.78 is 5.19. The Morgan fingerprint density at radius 2 is 2.05 bits per heavy atom. The second-order valence-electron chi connectivity index (χ2n) is 5.17. The van der Waals surface area contributed by atoms with Crippen molar-refractivity contribution in [2.75, 3.05) is 0 Å². The van der Waals surface area contributed by atoms with E-state index in [1.807, 2.05) is 43.3 Å². The van der Waals surface area contributed by atoms with E-state index >= 15 is 0 Å². The van der Waals surface area contributed by atoms with Crippen LogP contribution in [-0.2, 0) is 11.2 Å². The van der Waals surface area contributed by atoms with Crippen LogP contribution in [0.3, 0.4) is 0 Å². The van der Waals surface area contributed by atoms with Gasteiger partial charge in [0, 0.05) is 23.5 Å². The van der Waals surface area contributed by atoms with Gasteiger partial charge in [-0.05, 0) is 6.07 Å². The highest BCUT2D eigenvalue weighted by atomic mass is 32.1. The van der Waals surface area contributed by atoms with E-state index in [9.17, 15) is 4.79 Å². The molecule has 2 aromatic heterocycles. The Morgan fingerprint density at radius 3 is 2.68 bits per heavy atom. The molecule has 1 atom stereocenters. The van der Waals surface area contributed by atoms with Crippen LogP contribution < -0.4 is 5.73 Å². The number of rotatable bonds is 5. The number of hydrogen-bond acceptors (Lipinski definition) is 4. The summed E-state index contributed by atoms with van der Waals surface area (Å²) in [5.74, 6) is -0.534. The van der Waals surface area contributed by atoms with Crippen molar-refractivity contribution in [3.05, 3.63) is 53.9 Å². The van der Waals surface area contributed by atoms with Crippen molar-refractivity contribution in [3.63, 3.8) is 0 Å². The zero-order valence-electron chi connectivity index (χ0n) is 12.2. The lowest BCUT2D eigenvalue weighted by Gasteiger charge is -2.02. The zero-order chi connectivity index (χ0) is 15.5. The molecule has 112 valence electrons. The van der Waals surface area contributed by atoms with Crippen LogP contribution in [0.2, 0.25) is 0 Å². The number of primary amides is 1. The Balaban J connectivity index is 2.04. The number of aromatic nitrogens is 1. The van der Waals surface area contributed by atoms with Crippen LogP contribution in [0.25, 0.3) is 21.7 Å². The molecular weight excluding hydrogens is 296 g/mol. The molecule has 4 nitrogen and oxygen atoms in total. The van der Waals surface area contributed by atoms with Crippen LogP contribution in [0.15, 0.2) is 53.3 Å². The van der Waals surface area contributed by atoms with Crippen LogP contribution in [-0.4, -0.2) is 10.9 Å². The normalized spacial score (nSPS) is 12.2. The first-order valence-corrected chi connectivity index (χ1v) is 7.84. The number of furan rings is 1. The third-order valence-corrected chi connectivity index (χ3v) is 4.60. The highest BCUT2D eigenvalue weighted by Crippen LogP contribution is 2.37. The van der Waals surface area contributed by atoms with Gasteiger partial charge in [-0.25, -0.2) is 4.98 Å². The van der Waals surface area contributed by atoms with Crippen molar-refractivity contribution in [1.29, 1.82) is 0 Å². The van der Waals surface area contributed by atoms with Crippen molar-refractivity contribution in [2.24, 2.45) is 11.7 Å². The fourth-order valence-corrected chi connectivity index (χ4v) is 3.40. The van der Waals surface area contributed by atoms with Crippen molar-refractivity contribution in [1.82, 2.24) is 4.98 Å². The molecule has 2 heterocycles. The molecule has 1 unspecified atom stereocenters. The van der Waals surface area contributed by atoms with Gasteiger partial charge < -0.3 is 10.2 Å². The number of carbonyl (C=O) groups is 1. The highest BCUT2D eigenvalue weighted by Gasteiger charge is 2.18. The Kier molecular flexibility index (Phi) is 4.06. The first-order valence-electron chi connectivity index (χ1n) is 7.02. The largest absolute Gasteiger partial charge is 0.472 e. The van der Waals surface area contributed by atoms with Gasteiger partial charge in [-0.1, -0.05) is 37.3 Å². The minimum atomic E-state index is -0.304. The lowest BCUT2D eigenvalue weighted by molar-refractivity contribution is -0.121. The number of carbonyl (C=O) groups excluding carboxylic acids is 1. The van der Waals surface area contributed by atoms with Crippen LogP contribution in [0, 0.1) is 5.92 Å². The molecular formula is C17H16N2O2S. The number of nitrogens with two attached hydrogens (primary N) is 1. The van der Waals surface area contributed by atoms with Crippen molar-refractivity contribution in [2.45, 2.75) is 13.3 Å². The van der Waals surface area contributed by atoms with Crippen molar-refractivity contribution >= 4 is 17.2 Å². The standard InChI is InChI=1S/C17H16N2O2S/c1-11(17(18)20)9-14-19-15(12-5-3-2-4-6-12)16(22-14)13-7-8-21-10-13/h2-8,10-11H,9H2,1H3,(H2,18,20). The fraction of sp³-hybridized carbons (Fsp3) is 0.176. The summed E-state index contributed by atoms with van der Waals surface area (Å²) in [6.07, 6.45) is 3.91. The maximum atomic E-state index is 11.3. The molecule has 22 heavy (non-hydrogen) atoms. The van der Waals surface area contributed by atoms with E-state index in [2.05, 4.69) is 0 Å². The zero-order valence-corrected chi connectivity index (χ0v) is 13.0. The lowest BCUT2D eigenvalue weighted by atomic mass is 10.1. The Morgan fingerprint density at radius 1 is 1.27 bits per heavy atom. The summed E-state index contributed by atoms with van der Waals surface area (Å²) >= 11 is 1.58. The molecule has 0 saturated heterocycles. The average Bonchev–Trinajstić information content (AvgIpc) is 3.16. The first-order chi connectivity index (χ1) is 10.6. The second-order valence-corrected chi connectivity index (χ2v) is 6.25. The van der Waals surface area contributed by atoms with Gasteiger partial charge >= 0.3 is 0 Å². The predicted molar refractivity (Wildman–Crippen MR) is 87.3 cm³/mol. The van der Waals surface area contributed by atoms with E-state index in [0.717, 1.165) is 26.7 Å². The quantitative estimate of drug-likeness (QED) is 0.780. The minimum Gasteiger partial charge on any atom is -0.472 e. The third-order valence-electron chi connectivity index (χ3n) is 3.47. The molecule has 0 fully saturated rings. The van der Waals surface area contributed by atoms with E-state index in [4.69, 9.17) is 15.1 Å². The smallest absolute Gasteiger partial charge is 0.220 e. The summed E-state index contributed by atoms with van der Waals surface area (Å²) in [4.78, 5) is 17.1. The van der Waals surface area contributed by atoms with Gasteiger partial charge in [-0.2, -0.15) is 0 Å². The van der Waals surface area contributed by atoms with Gasteiger partial charge in [0.05, 0.1) is 28.1 Å². The predicted octanol–water partition coefficient (Wildman–Crippen LogP) is 3.73. The molecule has 1 amide bonds. The molecule has 1 aromatic carbocycles. The van der Waals surface area contributed by atoms with Gasteiger partial charge in [-0.3, -0.25) is 4.79 Å². The Hall–Kier alpha value is -2.40. The van der Waals surface area contributed by atoms with E-state index < -0.39 is 0 Å². The summed E-state index contributed by atoms with van der Waals surface area (Å²) in [6, 6.07) is 11.9. The number of hydrogen-bond donors (Lipinski definition) is 1. The number of thiazole rings is 1. The van der Waals surface area contributed by atoms with E-state index in [-0.39, 0.29) is 11.8 Å². The molecule has 3 rings (SSSR count).